The van der Waals surface area contributed by atoms with Gasteiger partial charge in [-0.05, 0) is 41.2 Å². The lowest BCUT2D eigenvalue weighted by Gasteiger charge is -2.45. The monoisotopic (exact) mass is 425 g/mol. The van der Waals surface area contributed by atoms with Gasteiger partial charge in [-0.3, -0.25) is 4.79 Å². The Morgan fingerprint density at radius 1 is 1.00 bits per heavy atom. The second-order valence-electron chi connectivity index (χ2n) is 10.2. The third-order valence-electron chi connectivity index (χ3n) is 7.90. The molecule has 164 valence electrons. The highest BCUT2D eigenvalue weighted by Crippen LogP contribution is 2.64. The summed E-state index contributed by atoms with van der Waals surface area (Å²) >= 11 is 0. The molecule has 2 unspecified atom stereocenters. The lowest BCUT2D eigenvalue weighted by molar-refractivity contribution is -0.124. The maximum atomic E-state index is 13.5. The highest BCUT2D eigenvalue weighted by Gasteiger charge is 2.71. The van der Waals surface area contributed by atoms with Gasteiger partial charge in [0.1, 0.15) is 0 Å². The zero-order valence-electron chi connectivity index (χ0n) is 19.1. The molecule has 0 radical (unpaired) electrons. The van der Waals surface area contributed by atoms with Gasteiger partial charge in [0.15, 0.2) is 5.41 Å². The molecule has 0 saturated heterocycles. The molecule has 1 N–H and O–H groups in total. The molecule has 1 amide bonds. The van der Waals surface area contributed by atoms with Crippen molar-refractivity contribution >= 4 is 5.91 Å². The predicted octanol–water partition coefficient (Wildman–Crippen LogP) is 5.33. The van der Waals surface area contributed by atoms with Crippen LogP contribution in [0.3, 0.4) is 0 Å². The smallest absolute Gasteiger partial charge is 0.226 e. The number of nitriles is 2. The Balaban J connectivity index is 1.59. The third kappa shape index (κ3) is 3.69. The van der Waals surface area contributed by atoms with E-state index in [1.54, 1.807) is 0 Å². The van der Waals surface area contributed by atoms with Crippen molar-refractivity contribution in [2.75, 3.05) is 0 Å². The van der Waals surface area contributed by atoms with Crippen LogP contribution in [0.4, 0.5) is 0 Å². The zero-order chi connectivity index (χ0) is 22.9. The molecule has 0 heterocycles. The quantitative estimate of drug-likeness (QED) is 0.703. The van der Waals surface area contributed by atoms with Crippen molar-refractivity contribution in [3.63, 3.8) is 0 Å². The summed E-state index contributed by atoms with van der Waals surface area (Å²) in [6.45, 7) is 6.77. The first kappa shape index (κ1) is 22.1. The molecule has 5 atom stereocenters. The summed E-state index contributed by atoms with van der Waals surface area (Å²) in [6.07, 6.45) is 3.10. The number of carbonyl (C=O) groups excluding carboxylic acids is 1. The fourth-order valence-electron chi connectivity index (χ4n) is 5.92. The maximum Gasteiger partial charge on any atom is 0.226 e. The van der Waals surface area contributed by atoms with Crippen LogP contribution in [0, 0.1) is 45.8 Å². The van der Waals surface area contributed by atoms with Gasteiger partial charge in [0.25, 0.3) is 0 Å². The zero-order valence-corrected chi connectivity index (χ0v) is 19.1. The number of hydrogen-bond acceptors (Lipinski definition) is 3. The summed E-state index contributed by atoms with van der Waals surface area (Å²) in [5.41, 5.74) is 0.782. The Kier molecular flexibility index (Phi) is 5.83. The molecule has 2 aromatic rings. The number of rotatable bonds is 5. The lowest BCUT2D eigenvalue weighted by atomic mass is 9.63. The first-order chi connectivity index (χ1) is 15.3. The van der Waals surface area contributed by atoms with Crippen LogP contribution in [-0.2, 0) is 10.2 Å². The highest BCUT2D eigenvalue weighted by atomic mass is 16.2. The van der Waals surface area contributed by atoms with Gasteiger partial charge >= 0.3 is 0 Å². The number of nitrogens with one attached hydrogen (secondary N) is 1. The molecule has 2 aliphatic rings. The van der Waals surface area contributed by atoms with Gasteiger partial charge in [0, 0.05) is 12.0 Å². The van der Waals surface area contributed by atoms with Crippen LogP contribution in [0.15, 0.2) is 60.7 Å². The van der Waals surface area contributed by atoms with Crippen molar-refractivity contribution in [3.8, 4) is 12.1 Å². The van der Waals surface area contributed by atoms with E-state index >= 15 is 0 Å². The van der Waals surface area contributed by atoms with Crippen molar-refractivity contribution in [2.24, 2.45) is 23.2 Å². The standard InChI is InChI=1S/C28H31N3O/c1-19-14-15-22(27(2,3)21-12-8-5-9-13-21)23(16-19)31-26(32)25-24(28(25,17-29)18-30)20-10-6-4-7-11-20/h4-13,19,22-25H,14-16H2,1-3H3,(H,31,32)/t19-,22-,23-,24?,25?/m1/s1. The van der Waals surface area contributed by atoms with E-state index in [1.807, 2.05) is 36.4 Å². The van der Waals surface area contributed by atoms with E-state index in [1.165, 1.54) is 5.56 Å². The van der Waals surface area contributed by atoms with Crippen LogP contribution < -0.4 is 5.32 Å². The highest BCUT2D eigenvalue weighted by molar-refractivity contribution is 5.87. The van der Waals surface area contributed by atoms with Gasteiger partial charge in [-0.2, -0.15) is 10.5 Å². The fourth-order valence-corrected chi connectivity index (χ4v) is 5.92. The number of carbonyl (C=O) groups is 1. The molecule has 4 nitrogen and oxygen atoms in total. The summed E-state index contributed by atoms with van der Waals surface area (Å²) in [5, 5.41) is 23.0. The molecule has 0 spiro atoms. The normalized spacial score (nSPS) is 28.7. The minimum Gasteiger partial charge on any atom is -0.353 e. The molecule has 2 saturated carbocycles. The van der Waals surface area contributed by atoms with Crippen molar-refractivity contribution in [1.82, 2.24) is 5.32 Å². The number of nitrogens with zero attached hydrogens (tertiary/aromatic N) is 2. The Labute approximate surface area is 191 Å². The minimum absolute atomic E-state index is 0.0218. The van der Waals surface area contributed by atoms with E-state index in [0.717, 1.165) is 24.8 Å². The Morgan fingerprint density at radius 2 is 1.59 bits per heavy atom. The van der Waals surface area contributed by atoms with E-state index in [4.69, 9.17) is 0 Å². The van der Waals surface area contributed by atoms with Gasteiger partial charge in [-0.1, -0.05) is 87.9 Å². The number of amides is 1. The first-order valence-electron chi connectivity index (χ1n) is 11.6. The molecule has 2 aliphatic carbocycles. The van der Waals surface area contributed by atoms with Crippen LogP contribution in [0.25, 0.3) is 0 Å². The molecule has 4 rings (SSSR count). The molecule has 4 heteroatoms. The average molecular weight is 426 g/mol. The van der Waals surface area contributed by atoms with Crippen molar-refractivity contribution in [3.05, 3.63) is 71.8 Å². The van der Waals surface area contributed by atoms with Crippen LogP contribution in [0.2, 0.25) is 0 Å². The largest absolute Gasteiger partial charge is 0.353 e. The molecule has 0 bridgehead atoms. The van der Waals surface area contributed by atoms with Crippen LogP contribution >= 0.6 is 0 Å². The summed E-state index contributed by atoms with van der Waals surface area (Å²) < 4.78 is 0. The van der Waals surface area contributed by atoms with Crippen LogP contribution in [-0.4, -0.2) is 11.9 Å². The van der Waals surface area contributed by atoms with E-state index in [2.05, 4.69) is 62.5 Å². The Hall–Kier alpha value is -3.11. The van der Waals surface area contributed by atoms with Gasteiger partial charge < -0.3 is 5.32 Å². The van der Waals surface area contributed by atoms with Gasteiger partial charge in [-0.15, -0.1) is 0 Å². The second-order valence-corrected chi connectivity index (χ2v) is 10.2. The van der Waals surface area contributed by atoms with E-state index < -0.39 is 11.3 Å². The Bertz CT molecular complexity index is 1030. The average Bonchev–Trinajstić information content (AvgIpc) is 3.50. The van der Waals surface area contributed by atoms with Crippen molar-refractivity contribution in [1.29, 1.82) is 10.5 Å². The lowest BCUT2D eigenvalue weighted by Crippen LogP contribution is -2.51. The van der Waals surface area contributed by atoms with E-state index in [0.29, 0.717) is 5.92 Å². The van der Waals surface area contributed by atoms with E-state index in [-0.39, 0.29) is 29.2 Å². The van der Waals surface area contributed by atoms with Crippen LogP contribution in [0.1, 0.15) is 57.1 Å². The summed E-state index contributed by atoms with van der Waals surface area (Å²) in [5.74, 6) is -0.339. The topological polar surface area (TPSA) is 76.7 Å². The van der Waals surface area contributed by atoms with E-state index in [9.17, 15) is 15.3 Å². The first-order valence-corrected chi connectivity index (χ1v) is 11.6. The Morgan fingerprint density at radius 3 is 2.19 bits per heavy atom. The van der Waals surface area contributed by atoms with Crippen molar-refractivity contribution < 1.29 is 4.79 Å². The molecular formula is C28H31N3O. The summed E-state index contributed by atoms with van der Waals surface area (Å²) in [6, 6.07) is 24.4. The number of benzene rings is 2. The molecule has 32 heavy (non-hydrogen) atoms. The SMILES string of the molecule is C[C@@H]1CC[C@@H](C(C)(C)c2ccccc2)[C@H](NC(=O)C2C(c3ccccc3)C2(C#N)C#N)C1. The molecule has 0 aliphatic heterocycles. The molecule has 0 aromatic heterocycles. The van der Waals surface area contributed by atoms with Gasteiger partial charge in [0.2, 0.25) is 5.91 Å². The summed E-state index contributed by atoms with van der Waals surface area (Å²) in [7, 11) is 0. The molecule has 2 fully saturated rings. The van der Waals surface area contributed by atoms with Crippen molar-refractivity contribution in [2.45, 2.75) is 57.4 Å². The fraction of sp³-hybridized carbons (Fsp3) is 0.464. The van der Waals surface area contributed by atoms with Gasteiger partial charge in [0.05, 0.1) is 18.1 Å². The minimum atomic E-state index is -1.28. The van der Waals surface area contributed by atoms with Crippen LogP contribution in [0.5, 0.6) is 0 Å². The maximum absolute atomic E-state index is 13.5. The molecule has 2 aromatic carbocycles. The second kappa shape index (κ2) is 8.44. The third-order valence-corrected chi connectivity index (χ3v) is 7.90. The summed E-state index contributed by atoms with van der Waals surface area (Å²) in [4.78, 5) is 13.5. The predicted molar refractivity (Wildman–Crippen MR) is 124 cm³/mol. The number of hydrogen-bond donors (Lipinski definition) is 1. The van der Waals surface area contributed by atoms with Gasteiger partial charge in [-0.25, -0.2) is 0 Å². The molecular weight excluding hydrogens is 394 g/mol.